The van der Waals surface area contributed by atoms with Gasteiger partial charge in [0.2, 0.25) is 11.8 Å². The number of non-ortho nitro benzene ring substituents is 1. The highest BCUT2D eigenvalue weighted by Gasteiger charge is 2.18. The van der Waals surface area contributed by atoms with Gasteiger partial charge in [-0.2, -0.15) is 0 Å². The standard InChI is InChI=1S/C11H11Cl2N3O4/c12-5-9(17)14-11(15-10(18)6-13)7-2-1-3-8(4-7)16(19)20/h1-4,11H,5-6H2,(H,14,17)(H,15,18). The van der Waals surface area contributed by atoms with Crippen molar-refractivity contribution in [2.24, 2.45) is 0 Å². The first kappa shape index (κ1) is 16.2. The molecule has 0 bridgehead atoms. The second kappa shape index (κ2) is 7.66. The number of nitrogens with one attached hydrogen (secondary N) is 2. The lowest BCUT2D eigenvalue weighted by Gasteiger charge is -2.19. The minimum Gasteiger partial charge on any atom is -0.331 e. The second-order valence-corrected chi connectivity index (χ2v) is 4.22. The van der Waals surface area contributed by atoms with Gasteiger partial charge in [-0.3, -0.25) is 19.7 Å². The molecule has 1 aromatic carbocycles. The van der Waals surface area contributed by atoms with Crippen molar-refractivity contribution in [3.05, 3.63) is 39.9 Å². The smallest absolute Gasteiger partial charge is 0.269 e. The van der Waals surface area contributed by atoms with Crippen LogP contribution in [0.15, 0.2) is 24.3 Å². The number of amides is 2. The lowest BCUT2D eigenvalue weighted by Crippen LogP contribution is -2.42. The topological polar surface area (TPSA) is 101 Å². The minimum absolute atomic E-state index is 0.159. The predicted octanol–water partition coefficient (Wildman–Crippen LogP) is 1.30. The maximum absolute atomic E-state index is 11.3. The number of nitro benzene ring substituents is 1. The van der Waals surface area contributed by atoms with Gasteiger partial charge in [0.25, 0.3) is 5.69 Å². The van der Waals surface area contributed by atoms with E-state index >= 15 is 0 Å². The summed E-state index contributed by atoms with van der Waals surface area (Å²) in [5.41, 5.74) is 0.184. The van der Waals surface area contributed by atoms with Gasteiger partial charge < -0.3 is 10.6 Å². The number of carbonyl (C=O) groups excluding carboxylic acids is 2. The Morgan fingerprint density at radius 2 is 1.75 bits per heavy atom. The van der Waals surface area contributed by atoms with Crippen molar-refractivity contribution in [2.75, 3.05) is 11.8 Å². The van der Waals surface area contributed by atoms with Gasteiger partial charge in [-0.1, -0.05) is 12.1 Å². The molecule has 0 aliphatic carbocycles. The summed E-state index contributed by atoms with van der Waals surface area (Å²) in [4.78, 5) is 32.8. The Morgan fingerprint density at radius 1 is 1.20 bits per heavy atom. The third-order valence-electron chi connectivity index (χ3n) is 2.27. The summed E-state index contributed by atoms with van der Waals surface area (Å²) in [6.07, 6.45) is -0.938. The Labute approximate surface area is 124 Å². The van der Waals surface area contributed by atoms with Crippen LogP contribution in [0.25, 0.3) is 0 Å². The second-order valence-electron chi connectivity index (χ2n) is 3.69. The first-order valence-corrected chi connectivity index (χ1v) is 6.50. The number of carbonyl (C=O) groups is 2. The van der Waals surface area contributed by atoms with E-state index in [1.165, 1.54) is 24.3 Å². The summed E-state index contributed by atoms with van der Waals surface area (Å²) < 4.78 is 0. The van der Waals surface area contributed by atoms with Crippen LogP contribution in [0.3, 0.4) is 0 Å². The number of hydrogen-bond acceptors (Lipinski definition) is 4. The van der Waals surface area contributed by atoms with Crippen LogP contribution in [0.1, 0.15) is 11.7 Å². The van der Waals surface area contributed by atoms with E-state index in [1.54, 1.807) is 0 Å². The lowest BCUT2D eigenvalue weighted by molar-refractivity contribution is -0.384. The molecule has 0 radical (unpaired) electrons. The molecule has 0 atom stereocenters. The van der Waals surface area contributed by atoms with Gasteiger partial charge in [0, 0.05) is 17.7 Å². The van der Waals surface area contributed by atoms with Crippen molar-refractivity contribution in [1.29, 1.82) is 0 Å². The van der Waals surface area contributed by atoms with E-state index in [-0.39, 0.29) is 17.4 Å². The van der Waals surface area contributed by atoms with Crippen LogP contribution in [0.4, 0.5) is 5.69 Å². The maximum Gasteiger partial charge on any atom is 0.269 e. The Balaban J connectivity index is 3.02. The first-order valence-electron chi connectivity index (χ1n) is 5.43. The Morgan fingerprint density at radius 3 is 2.20 bits per heavy atom. The van der Waals surface area contributed by atoms with E-state index in [0.717, 1.165) is 0 Å². The van der Waals surface area contributed by atoms with E-state index in [4.69, 9.17) is 23.2 Å². The molecule has 2 N–H and O–H groups in total. The fraction of sp³-hybridized carbons (Fsp3) is 0.273. The summed E-state index contributed by atoms with van der Waals surface area (Å²) in [5.74, 6) is -1.67. The zero-order valence-electron chi connectivity index (χ0n) is 10.1. The molecule has 0 heterocycles. The highest BCUT2D eigenvalue weighted by molar-refractivity contribution is 6.27. The molecule has 20 heavy (non-hydrogen) atoms. The zero-order valence-corrected chi connectivity index (χ0v) is 11.6. The van der Waals surface area contributed by atoms with Crippen LogP contribution in [0.2, 0.25) is 0 Å². The van der Waals surface area contributed by atoms with Crippen molar-refractivity contribution in [1.82, 2.24) is 10.6 Å². The van der Waals surface area contributed by atoms with E-state index in [9.17, 15) is 19.7 Å². The van der Waals surface area contributed by atoms with Crippen LogP contribution in [0, 0.1) is 10.1 Å². The molecule has 0 aliphatic rings. The van der Waals surface area contributed by atoms with E-state index in [2.05, 4.69) is 10.6 Å². The summed E-state index contributed by atoms with van der Waals surface area (Å²) in [5, 5.41) is 15.6. The third kappa shape index (κ3) is 4.67. The summed E-state index contributed by atoms with van der Waals surface area (Å²) in [6, 6.07) is 5.52. The highest BCUT2D eigenvalue weighted by atomic mass is 35.5. The molecular weight excluding hydrogens is 309 g/mol. The lowest BCUT2D eigenvalue weighted by atomic mass is 10.1. The van der Waals surface area contributed by atoms with Crippen molar-refractivity contribution < 1.29 is 14.5 Å². The van der Waals surface area contributed by atoms with Gasteiger partial charge in [-0.15, -0.1) is 23.2 Å². The average molecular weight is 320 g/mol. The van der Waals surface area contributed by atoms with Gasteiger partial charge in [0.05, 0.1) is 4.92 Å². The predicted molar refractivity (Wildman–Crippen MR) is 73.6 cm³/mol. The van der Waals surface area contributed by atoms with Crippen LogP contribution in [-0.2, 0) is 9.59 Å². The fourth-order valence-corrected chi connectivity index (χ4v) is 1.57. The molecule has 1 aromatic rings. The molecule has 9 heteroatoms. The van der Waals surface area contributed by atoms with Crippen molar-refractivity contribution in [3.63, 3.8) is 0 Å². The normalized spacial score (nSPS) is 10.2. The van der Waals surface area contributed by atoms with Crippen molar-refractivity contribution >= 4 is 40.7 Å². The molecule has 108 valence electrons. The monoisotopic (exact) mass is 319 g/mol. The third-order valence-corrected chi connectivity index (χ3v) is 2.75. The molecule has 0 saturated carbocycles. The molecule has 2 amide bonds. The summed E-state index contributed by atoms with van der Waals surface area (Å²) >= 11 is 10.8. The number of rotatable bonds is 6. The number of halogens is 2. The van der Waals surface area contributed by atoms with Gasteiger partial charge in [0.1, 0.15) is 17.9 Å². The van der Waals surface area contributed by atoms with Crippen LogP contribution < -0.4 is 10.6 Å². The Bertz CT molecular complexity index is 506. The number of nitro groups is 1. The van der Waals surface area contributed by atoms with Gasteiger partial charge >= 0.3 is 0 Å². The highest BCUT2D eigenvalue weighted by Crippen LogP contribution is 2.18. The van der Waals surface area contributed by atoms with E-state index < -0.39 is 22.9 Å². The molecule has 7 nitrogen and oxygen atoms in total. The molecule has 0 fully saturated rings. The number of hydrogen-bond donors (Lipinski definition) is 2. The SMILES string of the molecule is O=C(CCl)NC(NC(=O)CCl)c1cccc([N+](=O)[O-])c1. The molecule has 0 aliphatic heterocycles. The Hall–Kier alpha value is -1.86. The number of nitrogens with zero attached hydrogens (tertiary/aromatic N) is 1. The fourth-order valence-electron chi connectivity index (χ4n) is 1.42. The maximum atomic E-state index is 11.3. The molecule has 0 saturated heterocycles. The Kier molecular flexibility index (Phi) is 6.20. The molecule has 0 aromatic heterocycles. The van der Waals surface area contributed by atoms with E-state index in [0.29, 0.717) is 5.56 Å². The quantitative estimate of drug-likeness (QED) is 0.357. The molecule has 1 rings (SSSR count). The molecule has 0 spiro atoms. The average Bonchev–Trinajstić information content (AvgIpc) is 2.46. The van der Waals surface area contributed by atoms with Crippen LogP contribution in [-0.4, -0.2) is 28.5 Å². The number of alkyl halides is 2. The van der Waals surface area contributed by atoms with Gasteiger partial charge in [-0.05, 0) is 0 Å². The number of benzene rings is 1. The van der Waals surface area contributed by atoms with Crippen LogP contribution >= 0.6 is 23.2 Å². The van der Waals surface area contributed by atoms with Crippen LogP contribution in [0.5, 0.6) is 0 Å². The van der Waals surface area contributed by atoms with Crippen molar-refractivity contribution in [3.8, 4) is 0 Å². The molecular formula is C11H11Cl2N3O4. The van der Waals surface area contributed by atoms with Gasteiger partial charge in [0.15, 0.2) is 0 Å². The zero-order chi connectivity index (χ0) is 15.1. The summed E-state index contributed by atoms with van der Waals surface area (Å²) in [7, 11) is 0. The first-order chi connectivity index (χ1) is 9.47. The van der Waals surface area contributed by atoms with Crippen molar-refractivity contribution in [2.45, 2.75) is 6.17 Å². The van der Waals surface area contributed by atoms with Gasteiger partial charge in [-0.25, -0.2) is 0 Å². The largest absolute Gasteiger partial charge is 0.331 e. The van der Waals surface area contributed by atoms with E-state index in [1.807, 2.05) is 0 Å². The molecule has 0 unspecified atom stereocenters. The summed E-state index contributed by atoms with van der Waals surface area (Å²) in [6.45, 7) is 0. The minimum atomic E-state index is -0.938.